The third-order valence-corrected chi connectivity index (χ3v) is 4.02. The molecule has 4 nitrogen and oxygen atoms in total. The van der Waals surface area contributed by atoms with E-state index in [2.05, 4.69) is 0 Å². The molecule has 0 radical (unpaired) electrons. The highest BCUT2D eigenvalue weighted by Gasteiger charge is 2.28. The van der Waals surface area contributed by atoms with Crippen molar-refractivity contribution in [2.75, 3.05) is 13.1 Å². The molecule has 1 amide bonds. The second kappa shape index (κ2) is 7.04. The Labute approximate surface area is 144 Å². The summed E-state index contributed by atoms with van der Waals surface area (Å²) in [5.74, 6) is 0.908. The van der Waals surface area contributed by atoms with E-state index in [0.717, 1.165) is 34.6 Å². The topological polar surface area (TPSA) is 38.8 Å². The van der Waals surface area contributed by atoms with E-state index in [4.69, 9.17) is 21.1 Å². The number of halogens is 1. The summed E-state index contributed by atoms with van der Waals surface area (Å²) in [5.41, 5.74) is 1.64. The van der Waals surface area contributed by atoms with Gasteiger partial charge in [-0.05, 0) is 50.9 Å². The molecule has 0 aliphatic carbocycles. The Morgan fingerprint density at radius 2 is 1.91 bits per heavy atom. The fraction of sp³-hybridized carbons (Fsp3) is 0.588. The Hall–Kier alpha value is -1.36. The van der Waals surface area contributed by atoms with Crippen molar-refractivity contribution < 1.29 is 14.3 Å². The average Bonchev–Trinajstić information content (AvgIpc) is 2.41. The molecule has 1 aliphatic heterocycles. The molecular weight excluding hydrogens is 312 g/mol. The van der Waals surface area contributed by atoms with Crippen molar-refractivity contribution in [3.05, 3.63) is 22.7 Å². The lowest BCUT2D eigenvalue weighted by molar-refractivity contribution is 0.0127. The first kappa shape index (κ1) is 18.0. The van der Waals surface area contributed by atoms with Gasteiger partial charge in [0, 0.05) is 31.0 Å². The molecule has 1 aromatic rings. The number of amides is 1. The van der Waals surface area contributed by atoms with Gasteiger partial charge in [0.2, 0.25) is 0 Å². The quantitative estimate of drug-likeness (QED) is 0.779. The average molecular weight is 338 g/mol. The van der Waals surface area contributed by atoms with Gasteiger partial charge in [-0.1, -0.05) is 11.6 Å². The van der Waals surface area contributed by atoms with Gasteiger partial charge in [-0.3, -0.25) is 0 Å². The number of carbonyl (C=O) groups excluding carboxylic acids is 1. The van der Waals surface area contributed by atoms with E-state index >= 15 is 0 Å². The number of likely N-dealkylation sites (tertiary alicyclic amines) is 1. The summed E-state index contributed by atoms with van der Waals surface area (Å²) in [6.45, 7) is 8.97. The Morgan fingerprint density at radius 1 is 1.30 bits per heavy atom. The van der Waals surface area contributed by atoms with Crippen LogP contribution in [0.5, 0.6) is 5.75 Å². The van der Waals surface area contributed by atoms with Crippen LogP contribution in [0.15, 0.2) is 12.1 Å². The summed E-state index contributed by atoms with van der Waals surface area (Å²) >= 11 is 6.06. The van der Waals surface area contributed by atoms with Gasteiger partial charge < -0.3 is 14.4 Å². The van der Waals surface area contributed by atoms with E-state index < -0.39 is 5.60 Å². The van der Waals surface area contributed by atoms with Crippen LogP contribution in [0, 0.1) is 6.92 Å². The van der Waals surface area contributed by atoms with E-state index in [9.17, 15) is 4.79 Å². The third-order valence-electron chi connectivity index (χ3n) is 3.80. The van der Waals surface area contributed by atoms with Crippen LogP contribution in [0.25, 0.3) is 0 Å². The number of hydrogen-bond acceptors (Lipinski definition) is 3. The molecule has 1 fully saturated rings. The fourth-order valence-corrected chi connectivity index (χ4v) is 3.06. The number of benzene rings is 1. The fourth-order valence-electron chi connectivity index (χ4n) is 2.73. The van der Waals surface area contributed by atoms with Crippen LogP contribution in [-0.2, 0) is 4.74 Å². The van der Waals surface area contributed by atoms with Crippen molar-refractivity contribution in [2.45, 2.75) is 52.2 Å². The van der Waals surface area contributed by atoms with E-state index in [0.29, 0.717) is 13.1 Å². The zero-order valence-electron chi connectivity index (χ0n) is 14.6. The van der Waals surface area contributed by atoms with E-state index in [1.165, 1.54) is 0 Å². The molecule has 23 heavy (non-hydrogen) atoms. The Bertz CT molecular complexity index is 555. The van der Waals surface area contributed by atoms with Gasteiger partial charge in [0.15, 0.2) is 0 Å². The van der Waals surface area contributed by atoms with Crippen LogP contribution in [-0.4, -0.2) is 43.6 Å². The normalized spacial score (nSPS) is 16.3. The molecule has 0 saturated carbocycles. The molecule has 0 unspecified atom stereocenters. The molecule has 0 aromatic heterocycles. The molecule has 2 rings (SSSR count). The van der Waals surface area contributed by atoms with Gasteiger partial charge in [-0.2, -0.15) is 0 Å². The van der Waals surface area contributed by atoms with Crippen molar-refractivity contribution in [3.63, 3.8) is 0 Å². The summed E-state index contributed by atoms with van der Waals surface area (Å²) in [4.78, 5) is 13.8. The van der Waals surface area contributed by atoms with E-state index in [1.807, 2.05) is 47.7 Å². The molecule has 1 aliphatic rings. The van der Waals surface area contributed by atoms with Crippen molar-refractivity contribution in [2.24, 2.45) is 0 Å². The minimum absolute atomic E-state index is 0.118. The monoisotopic (exact) mass is 337 g/mol. The van der Waals surface area contributed by atoms with E-state index in [-0.39, 0.29) is 12.2 Å². The molecule has 0 spiro atoms. The zero-order valence-corrected chi connectivity index (χ0v) is 15.4. The lowest BCUT2D eigenvalue weighted by Gasteiger charge is -2.34. The maximum atomic E-state index is 12.1. The van der Waals surface area contributed by atoms with Gasteiger partial charge in [0.05, 0.1) is 0 Å². The maximum absolute atomic E-state index is 12.1. The van der Waals surface area contributed by atoms with Crippen LogP contribution in [0.2, 0.25) is 5.02 Å². The molecule has 6 heteroatoms. The Kier molecular flexibility index (Phi) is 5.51. The molecule has 1 aromatic carbocycles. The summed E-state index contributed by atoms with van der Waals surface area (Å²) < 4.78 is 11.6. The third kappa shape index (κ3) is 5.06. The number of hydrogen-bond donors (Lipinski definition) is 0. The number of carbonyl (C=O) groups is 1. The van der Waals surface area contributed by atoms with Crippen LogP contribution in [0.3, 0.4) is 0 Å². The van der Waals surface area contributed by atoms with Crippen molar-refractivity contribution in [1.29, 1.82) is 0 Å². The number of piperidine rings is 1. The second-order valence-electron chi connectivity index (χ2n) is 7.15. The molecule has 126 valence electrons. The molecule has 1 heterocycles. The van der Waals surface area contributed by atoms with Gasteiger partial charge in [0.1, 0.15) is 25.3 Å². The molecule has 0 atom stereocenters. The van der Waals surface area contributed by atoms with Crippen molar-refractivity contribution in [3.8, 4) is 5.75 Å². The van der Waals surface area contributed by atoms with Gasteiger partial charge in [-0.15, -0.1) is 0 Å². The minimum atomic E-state index is -0.456. The first-order chi connectivity index (χ1) is 10.7. The summed E-state index contributed by atoms with van der Waals surface area (Å²) in [6, 6.07) is 3.83. The molecule has 1 saturated heterocycles. The van der Waals surface area contributed by atoms with Crippen LogP contribution in [0.1, 0.15) is 39.2 Å². The van der Waals surface area contributed by atoms with Gasteiger partial charge >= 0.3 is 6.09 Å². The van der Waals surface area contributed by atoms with Crippen molar-refractivity contribution >= 4 is 31.0 Å². The number of ether oxygens (including phenoxy) is 2. The summed E-state index contributed by atoms with van der Waals surface area (Å²) in [6.07, 6.45) is 1.49. The molecular formula is C17H25BClNO3. The zero-order chi connectivity index (χ0) is 17.2. The number of nitrogens with zero attached hydrogens (tertiary/aromatic N) is 1. The standard InChI is InChI=1S/C17H25BClNO3/c1-11-9-12(19)10-14(18)15(11)22-13-5-7-20(8-6-13)16(21)23-17(2,3)4/h9-10,13H,5-8,18H2,1-4H3. The lowest BCUT2D eigenvalue weighted by atomic mass is 9.92. The summed E-state index contributed by atoms with van der Waals surface area (Å²) in [5, 5.41) is 0.729. The van der Waals surface area contributed by atoms with Crippen LogP contribution in [0.4, 0.5) is 4.79 Å². The smallest absolute Gasteiger partial charge is 0.410 e. The van der Waals surface area contributed by atoms with Gasteiger partial charge in [-0.25, -0.2) is 4.79 Å². The Balaban J connectivity index is 1.92. The highest BCUT2D eigenvalue weighted by Crippen LogP contribution is 2.24. The molecule has 0 bridgehead atoms. The second-order valence-corrected chi connectivity index (χ2v) is 7.59. The van der Waals surface area contributed by atoms with Gasteiger partial charge in [0.25, 0.3) is 0 Å². The number of rotatable bonds is 2. The Morgan fingerprint density at radius 3 is 2.43 bits per heavy atom. The number of aryl methyl sites for hydroxylation is 1. The lowest BCUT2D eigenvalue weighted by Crippen LogP contribution is -2.44. The van der Waals surface area contributed by atoms with Crippen LogP contribution < -0.4 is 10.2 Å². The van der Waals surface area contributed by atoms with Crippen LogP contribution >= 0.6 is 11.6 Å². The van der Waals surface area contributed by atoms with Crippen molar-refractivity contribution in [1.82, 2.24) is 4.90 Å². The largest absolute Gasteiger partial charge is 0.491 e. The van der Waals surface area contributed by atoms with E-state index in [1.54, 1.807) is 4.90 Å². The summed E-state index contributed by atoms with van der Waals surface area (Å²) in [7, 11) is 2.00. The predicted molar refractivity (Wildman–Crippen MR) is 95.8 cm³/mol. The first-order valence-corrected chi connectivity index (χ1v) is 8.45. The highest BCUT2D eigenvalue weighted by atomic mass is 35.5. The predicted octanol–water partition coefficient (Wildman–Crippen LogP) is 2.69. The highest BCUT2D eigenvalue weighted by molar-refractivity contribution is 6.37. The SMILES string of the molecule is Bc1cc(Cl)cc(C)c1OC1CCN(C(=O)OC(C)(C)C)CC1. The maximum Gasteiger partial charge on any atom is 0.410 e. The first-order valence-electron chi connectivity index (χ1n) is 8.07. The molecule has 0 N–H and O–H groups in total. The minimum Gasteiger partial charge on any atom is -0.491 e.